The summed E-state index contributed by atoms with van der Waals surface area (Å²) in [6.07, 6.45) is 0.557. The summed E-state index contributed by atoms with van der Waals surface area (Å²) in [5, 5.41) is 24.1. The number of nitrogens with zero attached hydrogens (tertiary/aromatic N) is 7. The Balaban J connectivity index is 1.39. The third-order valence-electron chi connectivity index (χ3n) is 7.39. The number of ether oxygens (including phenoxy) is 1. The number of pyridine rings is 2. The minimum atomic E-state index is -4.51. The Labute approximate surface area is 216 Å². The number of hydrogen-bond acceptors (Lipinski definition) is 8. The molecule has 10 nitrogen and oxygen atoms in total. The molecule has 2 aliphatic rings. The predicted octanol–water partition coefficient (Wildman–Crippen LogP) is 3.27. The maximum atomic E-state index is 13.6. The van der Waals surface area contributed by atoms with E-state index < -0.39 is 17.3 Å². The number of aromatic nitrogens is 6. The molecule has 13 heteroatoms. The quantitative estimate of drug-likeness (QED) is 0.416. The topological polar surface area (TPSA) is 108 Å². The van der Waals surface area contributed by atoms with Crippen molar-refractivity contribution in [1.82, 2.24) is 29.9 Å². The molecule has 6 rings (SSSR count). The van der Waals surface area contributed by atoms with E-state index in [0.29, 0.717) is 48.0 Å². The molecular formula is C25H27F3N8O2. The number of hydrogen-bond donors (Lipinski definition) is 2. The number of aliphatic hydroxyl groups is 1. The summed E-state index contributed by atoms with van der Waals surface area (Å²) in [6.45, 7) is 4.22. The summed E-state index contributed by atoms with van der Waals surface area (Å²) in [5.74, 6) is 1.20. The second-order valence-corrected chi connectivity index (χ2v) is 9.77. The lowest BCUT2D eigenvalue weighted by Crippen LogP contribution is -2.45. The molecule has 0 aliphatic carbocycles. The van der Waals surface area contributed by atoms with Crippen LogP contribution >= 0.6 is 0 Å². The average molecular weight is 529 g/mol. The molecule has 38 heavy (non-hydrogen) atoms. The van der Waals surface area contributed by atoms with Gasteiger partial charge in [-0.15, -0.1) is 0 Å². The minimum absolute atomic E-state index is 0.0755. The number of rotatable bonds is 4. The zero-order valence-electron chi connectivity index (χ0n) is 20.7. The van der Waals surface area contributed by atoms with Crippen molar-refractivity contribution >= 4 is 22.7 Å². The van der Waals surface area contributed by atoms with Crippen molar-refractivity contribution in [3.63, 3.8) is 0 Å². The van der Waals surface area contributed by atoms with Crippen LogP contribution in [0.2, 0.25) is 0 Å². The number of H-pyrrole nitrogens is 1. The number of fused-ring (bicyclic) bond motifs is 1. The van der Waals surface area contributed by atoms with E-state index in [-0.39, 0.29) is 37.8 Å². The molecular weight excluding hydrogens is 501 g/mol. The van der Waals surface area contributed by atoms with Crippen molar-refractivity contribution < 1.29 is 23.0 Å². The van der Waals surface area contributed by atoms with Gasteiger partial charge in [-0.2, -0.15) is 28.1 Å². The fourth-order valence-corrected chi connectivity index (χ4v) is 5.36. The van der Waals surface area contributed by atoms with Gasteiger partial charge >= 0.3 is 6.18 Å². The van der Waals surface area contributed by atoms with Crippen molar-refractivity contribution in [2.75, 3.05) is 42.6 Å². The molecule has 0 radical (unpaired) electrons. The maximum absolute atomic E-state index is 13.6. The number of nitrogens with one attached hydrogen (secondary N) is 1. The van der Waals surface area contributed by atoms with Gasteiger partial charge in [0, 0.05) is 37.3 Å². The second kappa shape index (κ2) is 9.24. The van der Waals surface area contributed by atoms with Crippen LogP contribution in [0.3, 0.4) is 0 Å². The van der Waals surface area contributed by atoms with Crippen LogP contribution in [0.15, 0.2) is 42.9 Å². The second-order valence-electron chi connectivity index (χ2n) is 9.77. The molecule has 2 fully saturated rings. The first-order valence-corrected chi connectivity index (χ1v) is 12.5. The first kappa shape index (κ1) is 24.6. The predicted molar refractivity (Wildman–Crippen MR) is 133 cm³/mol. The molecule has 6 heterocycles. The highest BCUT2D eigenvalue weighted by Gasteiger charge is 2.41. The molecule has 2 N–H and O–H groups in total. The van der Waals surface area contributed by atoms with E-state index in [1.54, 1.807) is 28.0 Å². The molecule has 0 aromatic carbocycles. The Morgan fingerprint density at radius 2 is 1.97 bits per heavy atom. The maximum Gasteiger partial charge on any atom is 0.419 e. The van der Waals surface area contributed by atoms with Crippen LogP contribution in [0.5, 0.6) is 0 Å². The van der Waals surface area contributed by atoms with E-state index in [2.05, 4.69) is 32.1 Å². The van der Waals surface area contributed by atoms with E-state index in [9.17, 15) is 18.3 Å². The van der Waals surface area contributed by atoms with Gasteiger partial charge < -0.3 is 19.6 Å². The third-order valence-corrected chi connectivity index (χ3v) is 7.39. The highest BCUT2D eigenvalue weighted by molar-refractivity contribution is 5.83. The summed E-state index contributed by atoms with van der Waals surface area (Å²) in [5.41, 5.74) is -0.864. The van der Waals surface area contributed by atoms with Crippen LogP contribution in [0.25, 0.3) is 16.9 Å². The lowest BCUT2D eigenvalue weighted by atomic mass is 9.83. The molecule has 0 spiro atoms. The molecule has 2 saturated heterocycles. The lowest BCUT2D eigenvalue weighted by Gasteiger charge is -2.40. The Morgan fingerprint density at radius 3 is 2.68 bits per heavy atom. The van der Waals surface area contributed by atoms with Crippen molar-refractivity contribution in [3.8, 4) is 5.82 Å². The van der Waals surface area contributed by atoms with Crippen molar-refractivity contribution in [1.29, 1.82) is 0 Å². The van der Waals surface area contributed by atoms with Crippen LogP contribution in [0, 0.1) is 0 Å². The van der Waals surface area contributed by atoms with Crippen LogP contribution in [-0.4, -0.2) is 73.9 Å². The van der Waals surface area contributed by atoms with Crippen molar-refractivity contribution in [3.05, 3.63) is 54.0 Å². The first-order valence-electron chi connectivity index (χ1n) is 12.5. The summed E-state index contributed by atoms with van der Waals surface area (Å²) >= 11 is 0. The van der Waals surface area contributed by atoms with Crippen molar-refractivity contribution in [2.24, 2.45) is 0 Å². The molecule has 0 unspecified atom stereocenters. The van der Waals surface area contributed by atoms with Crippen molar-refractivity contribution in [2.45, 2.75) is 37.6 Å². The standard InChI is InChI=1S/C25H27F3N8O2/c1-16-15-38-12-11-35(16)21-13-19(17-14-31-36(22(17)32-21)20-4-8-30-33-20)24(37)5-9-34(10-6-24)23-18(25(26,27)28)3-2-7-29-23/h2-4,7-8,13-14,16,37H,5-6,9-12,15H2,1H3,(H,30,33)/t16-/m1/s1. The van der Waals surface area contributed by atoms with Crippen LogP contribution < -0.4 is 9.80 Å². The number of piperidine rings is 1. The van der Waals surface area contributed by atoms with Crippen LogP contribution in [0.1, 0.15) is 30.9 Å². The zero-order valence-corrected chi connectivity index (χ0v) is 20.7. The molecule has 200 valence electrons. The van der Waals surface area contributed by atoms with Crippen LogP contribution in [-0.2, 0) is 16.5 Å². The van der Waals surface area contributed by atoms with E-state index in [0.717, 1.165) is 6.07 Å². The first-order chi connectivity index (χ1) is 18.2. The number of alkyl halides is 3. The summed E-state index contributed by atoms with van der Waals surface area (Å²) < 4.78 is 48.1. The van der Waals surface area contributed by atoms with Gasteiger partial charge in [0.2, 0.25) is 0 Å². The molecule has 4 aromatic rings. The highest BCUT2D eigenvalue weighted by Crippen LogP contribution is 2.42. The highest BCUT2D eigenvalue weighted by atomic mass is 19.4. The molecule has 0 bridgehead atoms. The molecule has 1 atom stereocenters. The van der Waals surface area contributed by atoms with Gasteiger partial charge in [0.1, 0.15) is 11.6 Å². The normalized spacial score (nSPS) is 20.3. The monoisotopic (exact) mass is 528 g/mol. The minimum Gasteiger partial charge on any atom is -0.385 e. The molecule has 0 saturated carbocycles. The Morgan fingerprint density at radius 1 is 1.16 bits per heavy atom. The number of halogens is 3. The summed E-state index contributed by atoms with van der Waals surface area (Å²) in [7, 11) is 0. The molecule has 4 aromatic heterocycles. The number of morpholine rings is 1. The summed E-state index contributed by atoms with van der Waals surface area (Å²) in [6, 6.07) is 6.06. The van der Waals surface area contributed by atoms with E-state index >= 15 is 0 Å². The van der Waals surface area contributed by atoms with Gasteiger partial charge in [-0.25, -0.2) is 9.97 Å². The fourth-order valence-electron chi connectivity index (χ4n) is 5.36. The van der Waals surface area contributed by atoms with E-state index in [1.165, 1.54) is 12.3 Å². The van der Waals surface area contributed by atoms with Crippen LogP contribution in [0.4, 0.5) is 24.8 Å². The van der Waals surface area contributed by atoms with E-state index in [4.69, 9.17) is 9.72 Å². The smallest absolute Gasteiger partial charge is 0.385 e. The van der Waals surface area contributed by atoms with Gasteiger partial charge in [-0.1, -0.05) is 0 Å². The Hall–Kier alpha value is -3.71. The van der Waals surface area contributed by atoms with Gasteiger partial charge in [-0.3, -0.25) is 5.10 Å². The zero-order chi connectivity index (χ0) is 26.5. The Bertz CT molecular complexity index is 1430. The molecule has 2 aliphatic heterocycles. The SMILES string of the molecule is C[C@@H]1COCCN1c1cc(C2(O)CCN(c3ncccc3C(F)(F)F)CC2)c2cnn(-c3ccn[nH]3)c2n1. The average Bonchev–Trinajstić information content (AvgIpc) is 3.58. The van der Waals surface area contributed by atoms with Gasteiger partial charge in [0.05, 0.1) is 42.8 Å². The number of anilines is 2. The van der Waals surface area contributed by atoms with Gasteiger partial charge in [0.15, 0.2) is 11.5 Å². The lowest BCUT2D eigenvalue weighted by molar-refractivity contribution is -0.137. The summed E-state index contributed by atoms with van der Waals surface area (Å²) in [4.78, 5) is 12.7. The Kier molecular flexibility index (Phi) is 5.99. The third kappa shape index (κ3) is 4.25. The number of aromatic amines is 1. The fraction of sp³-hybridized carbons (Fsp3) is 0.440. The van der Waals surface area contributed by atoms with Gasteiger partial charge in [-0.05, 0) is 43.5 Å². The molecule has 0 amide bonds. The van der Waals surface area contributed by atoms with E-state index in [1.807, 2.05) is 6.07 Å². The largest absolute Gasteiger partial charge is 0.419 e. The van der Waals surface area contributed by atoms with Gasteiger partial charge in [0.25, 0.3) is 0 Å².